The van der Waals surface area contributed by atoms with E-state index in [2.05, 4.69) is 28.2 Å². The van der Waals surface area contributed by atoms with Crippen molar-refractivity contribution in [2.24, 2.45) is 5.73 Å². The summed E-state index contributed by atoms with van der Waals surface area (Å²) in [6, 6.07) is 6.17. The molecule has 4 N–H and O–H groups in total. The molecule has 2 unspecified atom stereocenters. The summed E-state index contributed by atoms with van der Waals surface area (Å²) in [5.41, 5.74) is 6.92. The molecule has 18 heavy (non-hydrogen) atoms. The van der Waals surface area contributed by atoms with E-state index in [0.29, 0.717) is 11.6 Å². The van der Waals surface area contributed by atoms with Gasteiger partial charge in [0.15, 0.2) is 0 Å². The number of rotatable bonds is 7. The van der Waals surface area contributed by atoms with Gasteiger partial charge in [-0.05, 0) is 46.5 Å². The monoisotopic (exact) mass is 334 g/mol. The predicted molar refractivity (Wildman–Crippen MR) is 79.9 cm³/mol. The third-order valence-corrected chi connectivity index (χ3v) is 4.20. The van der Waals surface area contributed by atoms with Crippen molar-refractivity contribution < 1.29 is 5.11 Å². The van der Waals surface area contributed by atoms with E-state index in [1.807, 2.05) is 18.2 Å². The lowest BCUT2D eigenvalue weighted by Crippen LogP contribution is -2.37. The van der Waals surface area contributed by atoms with E-state index in [9.17, 15) is 0 Å². The van der Waals surface area contributed by atoms with E-state index in [1.165, 1.54) is 0 Å². The Labute approximate surface area is 122 Å². The fraction of sp³-hybridized carbons (Fsp3) is 0.538. The van der Waals surface area contributed by atoms with Gasteiger partial charge in [-0.3, -0.25) is 0 Å². The fourth-order valence-electron chi connectivity index (χ4n) is 1.88. The SMILES string of the molecule is CCC(CCO)NC(CN)c1ccc(Cl)c(Br)c1. The zero-order valence-corrected chi connectivity index (χ0v) is 12.8. The normalized spacial score (nSPS) is 14.5. The van der Waals surface area contributed by atoms with Crippen LogP contribution < -0.4 is 11.1 Å². The van der Waals surface area contributed by atoms with Crippen molar-refractivity contribution in [3.05, 3.63) is 33.3 Å². The van der Waals surface area contributed by atoms with Crippen LogP contribution in [0.2, 0.25) is 5.02 Å². The minimum Gasteiger partial charge on any atom is -0.396 e. The van der Waals surface area contributed by atoms with Crippen molar-refractivity contribution in [2.75, 3.05) is 13.2 Å². The van der Waals surface area contributed by atoms with Crippen LogP contribution in [0.15, 0.2) is 22.7 Å². The Kier molecular flexibility index (Phi) is 7.19. The summed E-state index contributed by atoms with van der Waals surface area (Å²) >= 11 is 9.40. The van der Waals surface area contributed by atoms with Gasteiger partial charge in [-0.2, -0.15) is 0 Å². The first-order valence-electron chi connectivity index (χ1n) is 6.14. The van der Waals surface area contributed by atoms with E-state index >= 15 is 0 Å². The second-order valence-corrected chi connectivity index (χ2v) is 5.51. The van der Waals surface area contributed by atoms with Crippen molar-refractivity contribution >= 4 is 27.5 Å². The zero-order valence-electron chi connectivity index (χ0n) is 10.5. The summed E-state index contributed by atoms with van der Waals surface area (Å²) in [5, 5.41) is 13.2. The molecule has 0 aliphatic carbocycles. The topological polar surface area (TPSA) is 58.3 Å². The average molecular weight is 336 g/mol. The summed E-state index contributed by atoms with van der Waals surface area (Å²) in [5.74, 6) is 0. The second kappa shape index (κ2) is 8.12. The Hall–Kier alpha value is -0.130. The molecular formula is C13H20BrClN2O. The Morgan fingerprint density at radius 3 is 2.72 bits per heavy atom. The van der Waals surface area contributed by atoms with Crippen molar-refractivity contribution in [3.63, 3.8) is 0 Å². The van der Waals surface area contributed by atoms with Crippen LogP contribution in [0, 0.1) is 0 Å². The quantitative estimate of drug-likeness (QED) is 0.718. The molecule has 5 heteroatoms. The van der Waals surface area contributed by atoms with Crippen LogP contribution in [0.4, 0.5) is 0 Å². The molecule has 0 heterocycles. The largest absolute Gasteiger partial charge is 0.396 e. The summed E-state index contributed by atoms with van der Waals surface area (Å²) in [4.78, 5) is 0. The van der Waals surface area contributed by atoms with Gasteiger partial charge in [-0.15, -0.1) is 0 Å². The molecule has 0 amide bonds. The van der Waals surface area contributed by atoms with Crippen molar-refractivity contribution in [2.45, 2.75) is 31.8 Å². The van der Waals surface area contributed by atoms with Crippen LogP contribution in [0.25, 0.3) is 0 Å². The number of nitrogens with one attached hydrogen (secondary N) is 1. The molecule has 0 aliphatic rings. The highest BCUT2D eigenvalue weighted by molar-refractivity contribution is 9.10. The molecule has 1 aromatic rings. The molecule has 0 aromatic heterocycles. The minimum absolute atomic E-state index is 0.0788. The molecule has 0 saturated heterocycles. The van der Waals surface area contributed by atoms with Crippen LogP contribution in [-0.4, -0.2) is 24.3 Å². The van der Waals surface area contributed by atoms with Gasteiger partial charge in [0.05, 0.1) is 5.02 Å². The van der Waals surface area contributed by atoms with Crippen LogP contribution in [0.5, 0.6) is 0 Å². The van der Waals surface area contributed by atoms with E-state index < -0.39 is 0 Å². The van der Waals surface area contributed by atoms with Crippen LogP contribution in [0.3, 0.4) is 0 Å². The molecule has 0 radical (unpaired) electrons. The first kappa shape index (κ1) is 15.9. The third kappa shape index (κ3) is 4.52. The number of aliphatic hydroxyl groups is 1. The molecule has 0 aliphatic heterocycles. The maximum Gasteiger partial charge on any atom is 0.0548 e. The highest BCUT2D eigenvalue weighted by atomic mass is 79.9. The summed E-state index contributed by atoms with van der Waals surface area (Å²) in [6.45, 7) is 2.79. The van der Waals surface area contributed by atoms with Crippen LogP contribution >= 0.6 is 27.5 Å². The summed E-state index contributed by atoms with van der Waals surface area (Å²) < 4.78 is 0.872. The molecule has 0 spiro atoms. The van der Waals surface area contributed by atoms with Gasteiger partial charge < -0.3 is 16.2 Å². The smallest absolute Gasteiger partial charge is 0.0548 e. The number of hydrogen-bond acceptors (Lipinski definition) is 3. The molecular weight excluding hydrogens is 316 g/mol. The molecule has 1 rings (SSSR count). The molecule has 0 fully saturated rings. The van der Waals surface area contributed by atoms with E-state index in [0.717, 1.165) is 22.9 Å². The van der Waals surface area contributed by atoms with E-state index in [4.69, 9.17) is 22.4 Å². The Bertz CT molecular complexity index is 376. The van der Waals surface area contributed by atoms with Crippen LogP contribution in [0.1, 0.15) is 31.4 Å². The Morgan fingerprint density at radius 1 is 1.50 bits per heavy atom. The molecule has 0 saturated carbocycles. The van der Waals surface area contributed by atoms with Gasteiger partial charge in [0.2, 0.25) is 0 Å². The maximum absolute atomic E-state index is 9.01. The molecule has 102 valence electrons. The molecule has 1 aromatic carbocycles. The van der Waals surface area contributed by atoms with E-state index in [-0.39, 0.29) is 18.7 Å². The summed E-state index contributed by atoms with van der Waals surface area (Å²) in [6.07, 6.45) is 1.70. The lowest BCUT2D eigenvalue weighted by Gasteiger charge is -2.24. The van der Waals surface area contributed by atoms with Gasteiger partial charge in [-0.1, -0.05) is 24.6 Å². The van der Waals surface area contributed by atoms with Crippen molar-refractivity contribution in [1.82, 2.24) is 5.32 Å². The lowest BCUT2D eigenvalue weighted by molar-refractivity contribution is 0.256. The van der Waals surface area contributed by atoms with Gasteiger partial charge in [0, 0.05) is 29.7 Å². The standard InChI is InChI=1S/C13H20BrClN2O/c1-2-10(5-6-18)17-13(8-16)9-3-4-12(15)11(14)7-9/h3-4,7,10,13,17-18H,2,5-6,8,16H2,1H3. The maximum atomic E-state index is 9.01. The fourth-order valence-corrected chi connectivity index (χ4v) is 2.39. The second-order valence-electron chi connectivity index (χ2n) is 4.25. The van der Waals surface area contributed by atoms with Crippen molar-refractivity contribution in [3.8, 4) is 0 Å². The van der Waals surface area contributed by atoms with Gasteiger partial charge in [-0.25, -0.2) is 0 Å². The van der Waals surface area contributed by atoms with Crippen molar-refractivity contribution in [1.29, 1.82) is 0 Å². The number of nitrogens with two attached hydrogens (primary N) is 1. The Morgan fingerprint density at radius 2 is 2.22 bits per heavy atom. The number of benzene rings is 1. The first-order chi connectivity index (χ1) is 8.62. The molecule has 2 atom stereocenters. The molecule has 3 nitrogen and oxygen atoms in total. The number of hydrogen-bond donors (Lipinski definition) is 3. The number of aliphatic hydroxyl groups excluding tert-OH is 1. The van der Waals surface area contributed by atoms with E-state index in [1.54, 1.807) is 0 Å². The first-order valence-corrected chi connectivity index (χ1v) is 7.31. The molecule has 0 bridgehead atoms. The lowest BCUT2D eigenvalue weighted by atomic mass is 10.0. The predicted octanol–water partition coefficient (Wildman–Crippen LogP) is 2.85. The van der Waals surface area contributed by atoms with Gasteiger partial charge in [0.25, 0.3) is 0 Å². The average Bonchev–Trinajstić information content (AvgIpc) is 2.38. The Balaban J connectivity index is 2.78. The zero-order chi connectivity index (χ0) is 13.5. The van der Waals surface area contributed by atoms with Gasteiger partial charge >= 0.3 is 0 Å². The van der Waals surface area contributed by atoms with Gasteiger partial charge in [0.1, 0.15) is 0 Å². The highest BCUT2D eigenvalue weighted by Gasteiger charge is 2.15. The number of halogens is 2. The summed E-state index contributed by atoms with van der Waals surface area (Å²) in [7, 11) is 0. The highest BCUT2D eigenvalue weighted by Crippen LogP contribution is 2.26. The third-order valence-electron chi connectivity index (χ3n) is 2.99. The minimum atomic E-state index is 0.0788. The van der Waals surface area contributed by atoms with Crippen LogP contribution in [-0.2, 0) is 0 Å².